The number of hydrogen-bond acceptors (Lipinski definition) is 6. The number of sulfonamides is 1. The van der Waals surface area contributed by atoms with Crippen LogP contribution in [-0.4, -0.2) is 76.2 Å². The Bertz CT molecular complexity index is 1100. The van der Waals surface area contributed by atoms with Gasteiger partial charge in [0.05, 0.1) is 18.0 Å². The number of likely N-dealkylation sites (N-methyl/N-ethyl adjacent to an activating group) is 1. The van der Waals surface area contributed by atoms with Gasteiger partial charge in [-0.2, -0.15) is 0 Å². The van der Waals surface area contributed by atoms with E-state index < -0.39 is 10.0 Å². The van der Waals surface area contributed by atoms with E-state index in [1.807, 2.05) is 12.1 Å². The summed E-state index contributed by atoms with van der Waals surface area (Å²) in [6, 6.07) is 14.6. The zero-order valence-corrected chi connectivity index (χ0v) is 21.7. The van der Waals surface area contributed by atoms with Gasteiger partial charge in [0.1, 0.15) is 11.6 Å². The van der Waals surface area contributed by atoms with Crippen molar-refractivity contribution >= 4 is 21.8 Å². The molecule has 9 heteroatoms. The summed E-state index contributed by atoms with van der Waals surface area (Å²) < 4.78 is 32.6. The number of nitrogens with zero attached hydrogens (tertiary/aromatic N) is 3. The van der Waals surface area contributed by atoms with Crippen molar-refractivity contribution in [2.45, 2.75) is 37.5 Å². The number of carbonyl (C=O) groups excluding carboxylic acids is 1. The van der Waals surface area contributed by atoms with Crippen molar-refractivity contribution in [1.29, 1.82) is 0 Å². The fraction of sp³-hybridized carbons (Fsp3) is 0.462. The lowest BCUT2D eigenvalue weighted by atomic mass is 10.1. The average Bonchev–Trinajstić information content (AvgIpc) is 3.41. The molecule has 1 N–H and O–H groups in total. The molecule has 0 saturated heterocycles. The summed E-state index contributed by atoms with van der Waals surface area (Å²) in [5.41, 5.74) is 2.20. The van der Waals surface area contributed by atoms with Gasteiger partial charge in [-0.15, -0.1) is 0 Å². The van der Waals surface area contributed by atoms with Crippen LogP contribution in [0.4, 0.5) is 0 Å². The highest BCUT2D eigenvalue weighted by Gasteiger charge is 2.22. The summed E-state index contributed by atoms with van der Waals surface area (Å²) in [4.78, 5) is 18.9. The minimum Gasteiger partial charge on any atom is -0.494 e. The van der Waals surface area contributed by atoms with Crippen molar-refractivity contribution in [3.63, 3.8) is 0 Å². The van der Waals surface area contributed by atoms with Gasteiger partial charge in [0.25, 0.3) is 0 Å². The number of benzene rings is 2. The van der Waals surface area contributed by atoms with Crippen molar-refractivity contribution in [3.8, 4) is 5.75 Å². The van der Waals surface area contributed by atoms with Crippen LogP contribution in [0.2, 0.25) is 0 Å². The van der Waals surface area contributed by atoms with Crippen LogP contribution in [0, 0.1) is 0 Å². The lowest BCUT2D eigenvalue weighted by Gasteiger charge is -2.21. The number of amidine groups is 1. The summed E-state index contributed by atoms with van der Waals surface area (Å²) in [6.07, 6.45) is 2.83. The van der Waals surface area contributed by atoms with E-state index in [9.17, 15) is 13.2 Å². The minimum absolute atomic E-state index is 0.0900. The average molecular weight is 501 g/mol. The number of hydrogen-bond donors (Lipinski definition) is 1. The third kappa shape index (κ3) is 7.53. The molecule has 1 aliphatic heterocycles. The van der Waals surface area contributed by atoms with Gasteiger partial charge in [-0.3, -0.25) is 9.79 Å². The SMILES string of the molecule is CCCCOc1ccc(S(=O)(=O)N(C)CCC(=O)N(C)CCc2ccc(C3=NCCN3)cc2)cc1. The molecular weight excluding hydrogens is 464 g/mol. The number of rotatable bonds is 13. The van der Waals surface area contributed by atoms with Gasteiger partial charge in [0.2, 0.25) is 15.9 Å². The molecule has 0 aromatic heterocycles. The third-order valence-electron chi connectivity index (χ3n) is 6.00. The normalized spacial score (nSPS) is 13.4. The molecule has 0 atom stereocenters. The summed E-state index contributed by atoms with van der Waals surface area (Å²) in [5.74, 6) is 1.49. The van der Waals surface area contributed by atoms with Gasteiger partial charge in [-0.05, 0) is 42.7 Å². The van der Waals surface area contributed by atoms with Gasteiger partial charge < -0.3 is 15.0 Å². The first-order chi connectivity index (χ1) is 16.8. The molecule has 0 fully saturated rings. The Kier molecular flexibility index (Phi) is 9.68. The lowest BCUT2D eigenvalue weighted by molar-refractivity contribution is -0.129. The van der Waals surface area contributed by atoms with E-state index in [-0.39, 0.29) is 23.8 Å². The van der Waals surface area contributed by atoms with Gasteiger partial charge >= 0.3 is 0 Å². The molecular formula is C26H36N4O4S. The molecule has 0 unspecified atom stereocenters. The first-order valence-corrected chi connectivity index (χ1v) is 13.6. The second kappa shape index (κ2) is 12.7. The number of nitrogens with one attached hydrogen (secondary N) is 1. The molecule has 1 aliphatic rings. The maximum atomic E-state index is 12.9. The molecule has 0 radical (unpaired) electrons. The van der Waals surface area contributed by atoms with Gasteiger partial charge in [0.15, 0.2) is 0 Å². The Labute approximate surface area is 209 Å². The van der Waals surface area contributed by atoms with Crippen LogP contribution < -0.4 is 10.1 Å². The van der Waals surface area contributed by atoms with Crippen LogP contribution in [0.25, 0.3) is 0 Å². The van der Waals surface area contributed by atoms with Crippen LogP contribution in [-0.2, 0) is 21.2 Å². The van der Waals surface area contributed by atoms with E-state index in [1.54, 1.807) is 36.2 Å². The summed E-state index contributed by atoms with van der Waals surface area (Å²) in [7, 11) is -0.428. The number of aliphatic imine (C=N–C) groups is 1. The summed E-state index contributed by atoms with van der Waals surface area (Å²) >= 11 is 0. The highest BCUT2D eigenvalue weighted by molar-refractivity contribution is 7.89. The highest BCUT2D eigenvalue weighted by atomic mass is 32.2. The summed E-state index contributed by atoms with van der Waals surface area (Å²) in [5, 5.41) is 3.26. The van der Waals surface area contributed by atoms with Crippen molar-refractivity contribution in [1.82, 2.24) is 14.5 Å². The lowest BCUT2D eigenvalue weighted by Crippen LogP contribution is -2.34. The van der Waals surface area contributed by atoms with E-state index in [4.69, 9.17) is 4.74 Å². The van der Waals surface area contributed by atoms with E-state index >= 15 is 0 Å². The number of carbonyl (C=O) groups is 1. The minimum atomic E-state index is -3.68. The quantitative estimate of drug-likeness (QED) is 0.427. The predicted molar refractivity (Wildman–Crippen MR) is 138 cm³/mol. The molecule has 0 saturated carbocycles. The number of ether oxygens (including phenoxy) is 1. The third-order valence-corrected chi connectivity index (χ3v) is 7.87. The second-order valence-corrected chi connectivity index (χ2v) is 10.7. The fourth-order valence-corrected chi connectivity index (χ4v) is 4.80. The smallest absolute Gasteiger partial charge is 0.242 e. The standard InChI is InChI=1S/C26H36N4O4S/c1-4-5-20-34-23-10-12-24(13-11-23)35(32,33)30(3)19-15-25(31)29(2)18-14-21-6-8-22(9-7-21)26-27-16-17-28-26/h6-13H,4-5,14-20H2,1-3H3,(H,27,28). The molecule has 1 heterocycles. The van der Waals surface area contributed by atoms with Crippen LogP contribution in [0.15, 0.2) is 58.4 Å². The maximum absolute atomic E-state index is 12.9. The Morgan fingerprint density at radius 1 is 1.06 bits per heavy atom. The zero-order chi connectivity index (χ0) is 25.3. The molecule has 2 aromatic rings. The van der Waals surface area contributed by atoms with Crippen molar-refractivity contribution in [3.05, 3.63) is 59.7 Å². The van der Waals surface area contributed by atoms with Crippen LogP contribution >= 0.6 is 0 Å². The molecule has 0 spiro atoms. The monoisotopic (exact) mass is 500 g/mol. The second-order valence-electron chi connectivity index (χ2n) is 8.67. The molecule has 8 nitrogen and oxygen atoms in total. The first-order valence-electron chi connectivity index (χ1n) is 12.1. The van der Waals surface area contributed by atoms with Gasteiger partial charge in [0, 0.05) is 45.7 Å². The Balaban J connectivity index is 1.45. The van der Waals surface area contributed by atoms with Crippen molar-refractivity contribution < 1.29 is 17.9 Å². The fourth-order valence-electron chi connectivity index (χ4n) is 3.63. The van der Waals surface area contributed by atoms with E-state index in [1.165, 1.54) is 11.4 Å². The van der Waals surface area contributed by atoms with E-state index in [0.717, 1.165) is 49.3 Å². The van der Waals surface area contributed by atoms with E-state index in [0.29, 0.717) is 18.9 Å². The van der Waals surface area contributed by atoms with Crippen LogP contribution in [0.5, 0.6) is 5.75 Å². The Morgan fingerprint density at radius 3 is 2.40 bits per heavy atom. The molecule has 190 valence electrons. The molecule has 0 aliphatic carbocycles. The van der Waals surface area contributed by atoms with E-state index in [2.05, 4.69) is 29.4 Å². The van der Waals surface area contributed by atoms with Crippen molar-refractivity contribution in [2.24, 2.45) is 4.99 Å². The number of amides is 1. The van der Waals surface area contributed by atoms with Crippen LogP contribution in [0.1, 0.15) is 37.3 Å². The maximum Gasteiger partial charge on any atom is 0.242 e. The molecule has 0 bridgehead atoms. The Hall–Kier alpha value is -2.91. The zero-order valence-electron chi connectivity index (χ0n) is 20.9. The number of unbranched alkanes of at least 4 members (excludes halogenated alkanes) is 1. The topological polar surface area (TPSA) is 91.3 Å². The molecule has 1 amide bonds. The molecule has 2 aromatic carbocycles. The van der Waals surface area contributed by atoms with Crippen molar-refractivity contribution in [2.75, 3.05) is 46.9 Å². The van der Waals surface area contributed by atoms with Gasteiger partial charge in [-0.25, -0.2) is 12.7 Å². The highest BCUT2D eigenvalue weighted by Crippen LogP contribution is 2.19. The van der Waals surface area contributed by atoms with Crippen LogP contribution in [0.3, 0.4) is 0 Å². The largest absolute Gasteiger partial charge is 0.494 e. The summed E-state index contributed by atoms with van der Waals surface area (Å²) in [6.45, 7) is 5.05. The molecule has 35 heavy (non-hydrogen) atoms. The Morgan fingerprint density at radius 2 is 1.77 bits per heavy atom. The predicted octanol–water partition coefficient (Wildman–Crippen LogP) is 2.93. The first kappa shape index (κ1) is 26.7. The molecule has 3 rings (SSSR count). The van der Waals surface area contributed by atoms with Gasteiger partial charge in [-0.1, -0.05) is 37.6 Å².